The highest BCUT2D eigenvalue weighted by Crippen LogP contribution is 2.28. The Kier molecular flexibility index (Phi) is 5.36. The van der Waals surface area contributed by atoms with Crippen LogP contribution in [0.25, 0.3) is 0 Å². The Hall–Kier alpha value is -2.38. The molecule has 2 aromatic rings. The van der Waals surface area contributed by atoms with Crippen LogP contribution in [0.3, 0.4) is 0 Å². The van der Waals surface area contributed by atoms with E-state index in [1.807, 2.05) is 6.07 Å². The molecule has 0 aromatic heterocycles. The van der Waals surface area contributed by atoms with Crippen molar-refractivity contribution >= 4 is 21.6 Å². The van der Waals surface area contributed by atoms with Gasteiger partial charge in [-0.2, -0.15) is 0 Å². The van der Waals surface area contributed by atoms with Crippen molar-refractivity contribution in [1.82, 2.24) is 4.72 Å². The van der Waals surface area contributed by atoms with E-state index in [-0.39, 0.29) is 10.8 Å². The Morgan fingerprint density at radius 3 is 2.43 bits per heavy atom. The van der Waals surface area contributed by atoms with Crippen molar-refractivity contribution in [2.45, 2.75) is 11.8 Å². The summed E-state index contributed by atoms with van der Waals surface area (Å²) in [5, 5.41) is 2.69. The molecule has 0 spiro atoms. The maximum atomic E-state index is 12.3. The van der Waals surface area contributed by atoms with Gasteiger partial charge in [-0.3, -0.25) is 4.79 Å². The minimum absolute atomic E-state index is 0.0480. The number of hydrogen-bond acceptors (Lipinski definition) is 4. The van der Waals surface area contributed by atoms with Crippen LogP contribution in [0.1, 0.15) is 17.3 Å². The summed E-state index contributed by atoms with van der Waals surface area (Å²) < 4.78 is 31.5. The molecular formula is C16H18N2O4S. The van der Waals surface area contributed by atoms with E-state index in [4.69, 9.17) is 4.74 Å². The van der Waals surface area contributed by atoms with Gasteiger partial charge in [-0.15, -0.1) is 0 Å². The van der Waals surface area contributed by atoms with Gasteiger partial charge in [0.1, 0.15) is 5.75 Å². The van der Waals surface area contributed by atoms with Crippen LogP contribution in [0.5, 0.6) is 5.75 Å². The minimum atomic E-state index is -3.61. The van der Waals surface area contributed by atoms with Crippen LogP contribution in [-0.2, 0) is 10.0 Å². The summed E-state index contributed by atoms with van der Waals surface area (Å²) in [6.07, 6.45) is 0. The molecule has 0 radical (unpaired) electrons. The quantitative estimate of drug-likeness (QED) is 0.848. The van der Waals surface area contributed by atoms with E-state index < -0.39 is 10.0 Å². The molecule has 0 heterocycles. The third-order valence-corrected chi connectivity index (χ3v) is 4.53. The molecule has 0 aliphatic rings. The van der Waals surface area contributed by atoms with E-state index in [1.54, 1.807) is 31.2 Å². The second kappa shape index (κ2) is 7.26. The molecule has 0 aliphatic heterocycles. The largest absolute Gasteiger partial charge is 0.492 e. The molecule has 0 unspecified atom stereocenters. The predicted molar refractivity (Wildman–Crippen MR) is 88.3 cm³/mol. The molecule has 23 heavy (non-hydrogen) atoms. The summed E-state index contributed by atoms with van der Waals surface area (Å²) in [6.45, 7) is 2.20. The molecule has 0 bridgehead atoms. The van der Waals surface area contributed by atoms with E-state index in [9.17, 15) is 13.2 Å². The van der Waals surface area contributed by atoms with Crippen molar-refractivity contribution < 1.29 is 17.9 Å². The highest BCUT2D eigenvalue weighted by Gasteiger charge is 2.16. The lowest BCUT2D eigenvalue weighted by atomic mass is 10.2. The number of ether oxygens (including phenoxy) is 1. The lowest BCUT2D eigenvalue weighted by Gasteiger charge is -2.13. The summed E-state index contributed by atoms with van der Waals surface area (Å²) in [5.41, 5.74) is 0.772. The average molecular weight is 334 g/mol. The first-order chi connectivity index (χ1) is 11.0. The van der Waals surface area contributed by atoms with E-state index in [0.29, 0.717) is 23.6 Å². The first kappa shape index (κ1) is 17.0. The van der Waals surface area contributed by atoms with Crippen LogP contribution >= 0.6 is 0 Å². The molecule has 7 heteroatoms. The lowest BCUT2D eigenvalue weighted by Crippen LogP contribution is -2.19. The van der Waals surface area contributed by atoms with Crippen molar-refractivity contribution in [3.63, 3.8) is 0 Å². The fourth-order valence-corrected chi connectivity index (χ4v) is 2.71. The predicted octanol–water partition coefficient (Wildman–Crippen LogP) is 2.25. The Balaban J connectivity index is 2.38. The SMILES string of the molecule is CCOc1ccc(S(=O)(=O)NC)cc1NC(=O)c1ccccc1. The molecule has 0 aliphatic carbocycles. The van der Waals surface area contributed by atoms with Crippen LogP contribution < -0.4 is 14.8 Å². The van der Waals surface area contributed by atoms with Gasteiger partial charge in [-0.1, -0.05) is 18.2 Å². The van der Waals surface area contributed by atoms with Gasteiger partial charge in [0.25, 0.3) is 5.91 Å². The molecule has 6 nitrogen and oxygen atoms in total. The number of carbonyl (C=O) groups is 1. The van der Waals surface area contributed by atoms with E-state index in [0.717, 1.165) is 0 Å². The number of anilines is 1. The number of benzene rings is 2. The highest BCUT2D eigenvalue weighted by atomic mass is 32.2. The van der Waals surface area contributed by atoms with Gasteiger partial charge in [0, 0.05) is 5.56 Å². The molecule has 0 fully saturated rings. The molecule has 122 valence electrons. The first-order valence-corrected chi connectivity index (χ1v) is 8.53. The van der Waals surface area contributed by atoms with Crippen molar-refractivity contribution in [3.8, 4) is 5.75 Å². The number of nitrogens with one attached hydrogen (secondary N) is 2. The number of hydrogen-bond donors (Lipinski definition) is 2. The normalized spacial score (nSPS) is 11.0. The third-order valence-electron chi connectivity index (χ3n) is 3.11. The number of carbonyl (C=O) groups excluding carboxylic acids is 1. The van der Waals surface area contributed by atoms with Crippen molar-refractivity contribution in [2.24, 2.45) is 0 Å². The molecule has 1 amide bonds. The van der Waals surface area contributed by atoms with E-state index in [2.05, 4.69) is 10.0 Å². The average Bonchev–Trinajstić information content (AvgIpc) is 2.57. The molecule has 2 aromatic carbocycles. The van der Waals surface area contributed by atoms with Gasteiger partial charge < -0.3 is 10.1 Å². The molecule has 0 atom stereocenters. The Morgan fingerprint density at radius 1 is 1.13 bits per heavy atom. The Bertz CT molecular complexity index is 789. The fraction of sp³-hybridized carbons (Fsp3) is 0.188. The lowest BCUT2D eigenvalue weighted by molar-refractivity contribution is 0.102. The zero-order chi connectivity index (χ0) is 16.9. The summed E-state index contributed by atoms with van der Waals surface area (Å²) in [6, 6.07) is 13.0. The van der Waals surface area contributed by atoms with E-state index in [1.165, 1.54) is 25.2 Å². The van der Waals surface area contributed by atoms with Crippen LogP contribution in [0.2, 0.25) is 0 Å². The second-order valence-corrected chi connectivity index (χ2v) is 6.51. The molecule has 0 saturated heterocycles. The van der Waals surface area contributed by atoms with Gasteiger partial charge in [0.2, 0.25) is 10.0 Å². The van der Waals surface area contributed by atoms with Crippen molar-refractivity contribution in [1.29, 1.82) is 0 Å². The summed E-state index contributed by atoms with van der Waals surface area (Å²) >= 11 is 0. The van der Waals surface area contributed by atoms with Crippen LogP contribution in [0.4, 0.5) is 5.69 Å². The maximum Gasteiger partial charge on any atom is 0.255 e. The molecule has 2 N–H and O–H groups in total. The summed E-state index contributed by atoms with van der Waals surface area (Å²) in [5.74, 6) is 0.0670. The third kappa shape index (κ3) is 4.08. The monoisotopic (exact) mass is 334 g/mol. The van der Waals surface area contributed by atoms with Gasteiger partial charge in [0.15, 0.2) is 0 Å². The van der Waals surface area contributed by atoms with E-state index >= 15 is 0 Å². The Morgan fingerprint density at radius 2 is 1.83 bits per heavy atom. The molecular weight excluding hydrogens is 316 g/mol. The van der Waals surface area contributed by atoms with Crippen LogP contribution in [0, 0.1) is 0 Å². The second-order valence-electron chi connectivity index (χ2n) is 4.62. The molecule has 2 rings (SSSR count). The number of sulfonamides is 1. The van der Waals surface area contributed by atoms with Gasteiger partial charge >= 0.3 is 0 Å². The summed E-state index contributed by atoms with van der Waals surface area (Å²) in [4.78, 5) is 12.3. The Labute approximate surface area is 135 Å². The molecule has 0 saturated carbocycles. The highest BCUT2D eigenvalue weighted by molar-refractivity contribution is 7.89. The fourth-order valence-electron chi connectivity index (χ4n) is 1.96. The topological polar surface area (TPSA) is 84.5 Å². The van der Waals surface area contributed by atoms with Crippen LogP contribution in [0.15, 0.2) is 53.4 Å². The van der Waals surface area contributed by atoms with Crippen molar-refractivity contribution in [3.05, 3.63) is 54.1 Å². The zero-order valence-corrected chi connectivity index (χ0v) is 13.7. The first-order valence-electron chi connectivity index (χ1n) is 7.04. The van der Waals surface area contributed by atoms with Crippen molar-refractivity contribution in [2.75, 3.05) is 19.0 Å². The smallest absolute Gasteiger partial charge is 0.255 e. The summed E-state index contributed by atoms with van der Waals surface area (Å²) in [7, 11) is -2.28. The maximum absolute atomic E-state index is 12.3. The van der Waals surface area contributed by atoms with Crippen LogP contribution in [-0.4, -0.2) is 28.0 Å². The number of rotatable bonds is 6. The minimum Gasteiger partial charge on any atom is -0.492 e. The number of amides is 1. The van der Waals surface area contributed by atoms with Gasteiger partial charge in [0.05, 0.1) is 17.2 Å². The standard InChI is InChI=1S/C16H18N2O4S/c1-3-22-15-10-9-13(23(20,21)17-2)11-14(15)18-16(19)12-7-5-4-6-8-12/h4-11,17H,3H2,1-2H3,(H,18,19). The van der Waals surface area contributed by atoms with Gasteiger partial charge in [-0.05, 0) is 44.3 Å². The zero-order valence-electron chi connectivity index (χ0n) is 12.9. The van der Waals surface area contributed by atoms with Gasteiger partial charge in [-0.25, -0.2) is 13.1 Å².